The smallest absolute Gasteiger partial charge is 0.397 e. The SMILES string of the molecule is O=C(O)[C@@H]1O[C@@H](O[C@H]2[C@H](O)[C@@H](NS(=O)(=O)O)[C@@H](O[C@H]3[C@H](O)[C@@H](OS(=O)(=O)O)[C@H](O)O[C@H]3C(=O)O)O[C@@H]2COS(=O)(=O)O)[C@H](OS(=O)(=O)O)[C@@H](O)[C@@H]1O. The predicted molar refractivity (Wildman–Crippen MR) is 146 cm³/mol. The molecule has 3 heterocycles. The zero-order valence-corrected chi connectivity index (χ0v) is 28.0. The quantitative estimate of drug-likeness (QED) is 0.0681. The van der Waals surface area contributed by atoms with Crippen molar-refractivity contribution in [2.45, 2.75) is 92.1 Å². The average molecular weight is 852 g/mol. The van der Waals surface area contributed by atoms with Crippen LogP contribution in [0.15, 0.2) is 0 Å². The van der Waals surface area contributed by atoms with E-state index in [2.05, 4.69) is 17.3 Å². The van der Waals surface area contributed by atoms with E-state index in [0.29, 0.717) is 0 Å². The molecule has 304 valence electrons. The normalized spacial score (nSPS) is 39.5. The van der Waals surface area contributed by atoms with E-state index < -0.39 is 152 Å². The number of hydrogen-bond donors (Lipinski definition) is 12. The first-order chi connectivity index (χ1) is 23.5. The summed E-state index contributed by atoms with van der Waals surface area (Å²) >= 11 is 0. The fraction of sp³-hybridized carbons (Fsp3) is 0.889. The Balaban J connectivity index is 2.11. The average Bonchev–Trinajstić information content (AvgIpc) is 2.95. The van der Waals surface area contributed by atoms with Gasteiger partial charge in [-0.25, -0.2) is 22.1 Å². The van der Waals surface area contributed by atoms with Gasteiger partial charge in [-0.15, -0.1) is 0 Å². The second-order valence-electron chi connectivity index (χ2n) is 10.6. The van der Waals surface area contributed by atoms with Crippen molar-refractivity contribution in [3.63, 3.8) is 0 Å². The summed E-state index contributed by atoms with van der Waals surface area (Å²) in [6.45, 7) is -1.59. The lowest BCUT2D eigenvalue weighted by Crippen LogP contribution is -2.70. The van der Waals surface area contributed by atoms with Gasteiger partial charge < -0.3 is 59.4 Å². The molecule has 34 heteroatoms. The van der Waals surface area contributed by atoms with E-state index in [1.807, 2.05) is 0 Å². The number of carboxylic acids is 2. The van der Waals surface area contributed by atoms with E-state index in [9.17, 15) is 83.6 Å². The number of aliphatic hydroxyl groups is 5. The highest BCUT2D eigenvalue weighted by molar-refractivity contribution is 7.83. The van der Waals surface area contributed by atoms with Crippen molar-refractivity contribution in [2.24, 2.45) is 0 Å². The predicted octanol–water partition coefficient (Wildman–Crippen LogP) is -8.51. The molecule has 0 spiro atoms. The molecule has 0 aromatic rings. The van der Waals surface area contributed by atoms with Crippen LogP contribution in [0.5, 0.6) is 0 Å². The minimum absolute atomic E-state index is 1.28. The fourth-order valence-corrected chi connectivity index (χ4v) is 6.80. The first-order valence-electron chi connectivity index (χ1n) is 13.3. The molecule has 30 nitrogen and oxygen atoms in total. The van der Waals surface area contributed by atoms with Crippen molar-refractivity contribution in [1.29, 1.82) is 0 Å². The van der Waals surface area contributed by atoms with E-state index in [1.165, 1.54) is 4.72 Å². The maximum absolute atomic E-state index is 11.9. The lowest BCUT2D eigenvalue weighted by Gasteiger charge is -2.48. The number of rotatable bonds is 15. The van der Waals surface area contributed by atoms with E-state index >= 15 is 0 Å². The van der Waals surface area contributed by atoms with Crippen molar-refractivity contribution >= 4 is 53.4 Å². The second kappa shape index (κ2) is 16.4. The van der Waals surface area contributed by atoms with Gasteiger partial charge in [-0.1, -0.05) is 0 Å². The van der Waals surface area contributed by atoms with Crippen molar-refractivity contribution in [1.82, 2.24) is 4.72 Å². The minimum Gasteiger partial charge on any atom is -0.479 e. The third-order valence-electron chi connectivity index (χ3n) is 6.96. The Morgan fingerprint density at radius 2 is 1.10 bits per heavy atom. The lowest BCUT2D eigenvalue weighted by atomic mass is 9.95. The number of aliphatic hydroxyl groups excluding tert-OH is 5. The third kappa shape index (κ3) is 11.8. The van der Waals surface area contributed by atoms with Gasteiger partial charge in [0.25, 0.3) is 0 Å². The largest absolute Gasteiger partial charge is 0.479 e. The Hall–Kier alpha value is -1.98. The first kappa shape index (κ1) is 44.4. The summed E-state index contributed by atoms with van der Waals surface area (Å²) in [6, 6.07) is -2.63. The number of hydrogen-bond acceptors (Lipinski definition) is 23. The van der Waals surface area contributed by atoms with Crippen LogP contribution in [0.1, 0.15) is 0 Å². The molecule has 0 aromatic carbocycles. The van der Waals surface area contributed by atoms with Crippen LogP contribution in [0, 0.1) is 0 Å². The highest BCUT2D eigenvalue weighted by Crippen LogP contribution is 2.34. The summed E-state index contributed by atoms with van der Waals surface area (Å²) in [5.41, 5.74) is 0. The highest BCUT2D eigenvalue weighted by atomic mass is 32.3. The van der Waals surface area contributed by atoms with E-state index in [4.69, 9.17) is 32.6 Å². The fourth-order valence-electron chi connectivity index (χ4n) is 4.93. The molecule has 3 aliphatic heterocycles. The molecule has 0 saturated carbocycles. The van der Waals surface area contributed by atoms with Gasteiger partial charge in [0.15, 0.2) is 43.3 Å². The van der Waals surface area contributed by atoms with Gasteiger partial charge in [-0.2, -0.15) is 38.4 Å². The molecule has 0 amide bonds. The van der Waals surface area contributed by atoms with E-state index in [1.54, 1.807) is 0 Å². The van der Waals surface area contributed by atoms with Crippen molar-refractivity contribution < 1.29 is 133 Å². The summed E-state index contributed by atoms with van der Waals surface area (Å²) in [6.07, 6.45) is -36.8. The maximum Gasteiger partial charge on any atom is 0.397 e. The molecule has 0 bridgehead atoms. The molecular formula is C18H29NO29S4. The van der Waals surface area contributed by atoms with Crippen LogP contribution in [-0.4, -0.2) is 198 Å². The summed E-state index contributed by atoms with van der Waals surface area (Å²) in [4.78, 5) is 23.5. The monoisotopic (exact) mass is 851 g/mol. The number of nitrogens with one attached hydrogen (secondary N) is 1. The summed E-state index contributed by atoms with van der Waals surface area (Å²) < 4.78 is 168. The van der Waals surface area contributed by atoms with Gasteiger partial charge in [0.2, 0.25) is 0 Å². The topological polar surface area (TPSA) is 479 Å². The van der Waals surface area contributed by atoms with Crippen LogP contribution in [0.25, 0.3) is 0 Å². The van der Waals surface area contributed by atoms with Crippen LogP contribution in [-0.2, 0) is 87.3 Å². The molecule has 0 unspecified atom stereocenters. The highest BCUT2D eigenvalue weighted by Gasteiger charge is 2.57. The third-order valence-corrected chi connectivity index (χ3v) is 8.89. The Morgan fingerprint density at radius 3 is 1.58 bits per heavy atom. The number of carbonyl (C=O) groups is 2. The van der Waals surface area contributed by atoms with Gasteiger partial charge in [-0.3, -0.25) is 18.2 Å². The molecule has 0 aromatic heterocycles. The molecule has 3 fully saturated rings. The molecule has 0 aliphatic carbocycles. The zero-order chi connectivity index (χ0) is 39.9. The molecule has 3 rings (SSSR count). The van der Waals surface area contributed by atoms with Crippen LogP contribution in [0.3, 0.4) is 0 Å². The molecule has 15 atom stereocenters. The summed E-state index contributed by atoms with van der Waals surface area (Å²) in [7, 11) is -22.3. The van der Waals surface area contributed by atoms with Crippen molar-refractivity contribution in [3.05, 3.63) is 0 Å². The Labute approximate surface area is 290 Å². The Bertz CT molecular complexity index is 1730. The standard InChI is InChI=1S/C18H29NO29S4/c20-4-3(19-49(29,30)31)17(45-9-7(23)11(47-51(35,36)37)16(28)43-13(9)15(26)27)42-2(1-41-50(32,33)34)8(4)44-18-12(48-52(38,39)40)6(22)5(21)10(46-18)14(24)25/h2-13,16-23,28H,1H2,(H,24,25)(H,26,27)(H,29,30,31)(H,32,33,34)(H,35,36,37)(H,38,39,40)/t2-,3-,4-,5+,6+,7+,8-,9+,10-,11-,12-,13-,16-,17-,18-/m1/s1. The number of ether oxygens (including phenoxy) is 5. The molecular weight excluding hydrogens is 822 g/mol. The first-order valence-corrected chi connectivity index (χ1v) is 18.8. The van der Waals surface area contributed by atoms with Crippen molar-refractivity contribution in [2.75, 3.05) is 6.61 Å². The van der Waals surface area contributed by atoms with Gasteiger partial charge in [0.05, 0.1) is 6.61 Å². The second-order valence-corrected chi connectivity index (χ2v) is 14.9. The molecule has 12 N–H and O–H groups in total. The lowest BCUT2D eigenvalue weighted by molar-refractivity contribution is -0.356. The number of carboxylic acid groups (broad SMARTS) is 2. The van der Waals surface area contributed by atoms with Gasteiger partial charge >= 0.3 is 53.4 Å². The van der Waals surface area contributed by atoms with E-state index in [0.717, 1.165) is 0 Å². The van der Waals surface area contributed by atoms with Crippen LogP contribution in [0.2, 0.25) is 0 Å². The summed E-state index contributed by atoms with van der Waals surface area (Å²) in [5, 5.41) is 71.4. The van der Waals surface area contributed by atoms with Crippen LogP contribution in [0.4, 0.5) is 0 Å². The van der Waals surface area contributed by atoms with Gasteiger partial charge in [0, 0.05) is 0 Å². The molecule has 3 aliphatic rings. The van der Waals surface area contributed by atoms with Crippen LogP contribution >= 0.6 is 0 Å². The van der Waals surface area contributed by atoms with Crippen molar-refractivity contribution in [3.8, 4) is 0 Å². The van der Waals surface area contributed by atoms with Gasteiger partial charge in [0.1, 0.15) is 48.8 Å². The van der Waals surface area contributed by atoms with Crippen LogP contribution < -0.4 is 4.72 Å². The van der Waals surface area contributed by atoms with E-state index in [-0.39, 0.29) is 0 Å². The van der Waals surface area contributed by atoms with Gasteiger partial charge in [-0.05, 0) is 0 Å². The number of aliphatic carboxylic acids is 2. The molecule has 3 saturated heterocycles. The molecule has 52 heavy (non-hydrogen) atoms. The summed E-state index contributed by atoms with van der Waals surface area (Å²) in [5.74, 6) is -4.19. The molecule has 0 radical (unpaired) electrons. The minimum atomic E-state index is -5.66. The Kier molecular flexibility index (Phi) is 14.0. The zero-order valence-electron chi connectivity index (χ0n) is 24.8. The Morgan fingerprint density at radius 1 is 0.577 bits per heavy atom. The maximum atomic E-state index is 11.9.